The van der Waals surface area contributed by atoms with E-state index in [-0.39, 0.29) is 34.9 Å². The number of carbonyl (C=O) groups is 3. The van der Waals surface area contributed by atoms with E-state index in [1.165, 1.54) is 0 Å². The number of benzene rings is 2. The van der Waals surface area contributed by atoms with Crippen molar-refractivity contribution in [2.75, 3.05) is 11.9 Å². The monoisotopic (exact) mass is 605 g/mol. The summed E-state index contributed by atoms with van der Waals surface area (Å²) < 4.78 is 12.9. The Hall–Kier alpha value is -3.19. The molecule has 210 valence electrons. The number of hydrogen-bond donors (Lipinski definition) is 1. The first-order chi connectivity index (χ1) is 18.7. The summed E-state index contributed by atoms with van der Waals surface area (Å²) in [4.78, 5) is 39.6. The number of hydrogen-bond acceptors (Lipinski definition) is 5. The second kappa shape index (κ2) is 10.3. The zero-order chi connectivity index (χ0) is 29.0. The van der Waals surface area contributed by atoms with E-state index in [2.05, 4.69) is 48.9 Å². The number of nitrogens with one attached hydrogen (secondary N) is 1. The van der Waals surface area contributed by atoms with Crippen LogP contribution in [0, 0.1) is 24.7 Å². The molecular formula is C33H36BrNO5. The fourth-order valence-corrected chi connectivity index (χ4v) is 6.62. The van der Waals surface area contributed by atoms with Crippen LogP contribution < -0.4 is 10.1 Å². The Balaban J connectivity index is 1.42. The molecule has 1 N–H and O–H groups in total. The number of carbonyl (C=O) groups excluding carboxylic acids is 3. The fourth-order valence-electron chi connectivity index (χ4n) is 6.11. The molecular weight excluding hydrogens is 570 g/mol. The van der Waals surface area contributed by atoms with E-state index in [1.54, 1.807) is 6.07 Å². The van der Waals surface area contributed by atoms with Crippen molar-refractivity contribution in [2.24, 2.45) is 10.8 Å². The van der Waals surface area contributed by atoms with Crippen molar-refractivity contribution in [2.45, 2.75) is 73.1 Å². The van der Waals surface area contributed by atoms with Gasteiger partial charge >= 0.3 is 0 Å². The Morgan fingerprint density at radius 2 is 1.52 bits per heavy atom. The number of Topliss-reactive ketones (excluding diaryl/α,β-unsaturated/α-hetero) is 2. The van der Waals surface area contributed by atoms with Gasteiger partial charge in [-0.3, -0.25) is 14.4 Å². The van der Waals surface area contributed by atoms with Crippen LogP contribution in [0.25, 0.3) is 0 Å². The summed E-state index contributed by atoms with van der Waals surface area (Å²) in [7, 11) is 0. The average Bonchev–Trinajstić information content (AvgIpc) is 2.82. The molecule has 40 heavy (non-hydrogen) atoms. The minimum Gasteiger partial charge on any atom is -0.483 e. The molecule has 0 saturated carbocycles. The number of ketones is 2. The minimum absolute atomic E-state index is 0.0277. The standard InChI is InChI=1S/C33H36BrNO5/c1-18-7-9-22(19(2)11-18)35-28(38)17-39-25-10-8-20(12-21(25)34)29-30-23(36)13-32(3,4)15-26(30)40-27-16-33(5,6)14-24(37)31(27)29/h7-12,29H,13-17H2,1-6H3,(H,35,38). The van der Waals surface area contributed by atoms with Gasteiger partial charge in [0.2, 0.25) is 0 Å². The lowest BCUT2D eigenvalue weighted by Crippen LogP contribution is -2.37. The summed E-state index contributed by atoms with van der Waals surface area (Å²) in [6.07, 6.45) is 2.11. The van der Waals surface area contributed by atoms with Crippen LogP contribution in [-0.4, -0.2) is 24.1 Å². The maximum Gasteiger partial charge on any atom is 0.262 e. The molecule has 3 aliphatic rings. The molecule has 1 aliphatic heterocycles. The number of halogens is 1. The number of rotatable bonds is 5. The highest BCUT2D eigenvalue weighted by Gasteiger charge is 2.47. The molecule has 2 aromatic carbocycles. The van der Waals surface area contributed by atoms with Gasteiger partial charge in [-0.25, -0.2) is 0 Å². The van der Waals surface area contributed by atoms with Gasteiger partial charge in [-0.2, -0.15) is 0 Å². The van der Waals surface area contributed by atoms with E-state index >= 15 is 0 Å². The van der Waals surface area contributed by atoms with E-state index < -0.39 is 5.92 Å². The van der Waals surface area contributed by atoms with Crippen molar-refractivity contribution in [1.82, 2.24) is 0 Å². The molecule has 1 heterocycles. The van der Waals surface area contributed by atoms with Gasteiger partial charge in [0, 0.05) is 48.4 Å². The predicted octanol–water partition coefficient (Wildman–Crippen LogP) is 7.48. The molecule has 6 nitrogen and oxygen atoms in total. The first-order valence-corrected chi connectivity index (χ1v) is 14.5. The number of aryl methyl sites for hydroxylation is 2. The first kappa shape index (κ1) is 28.3. The van der Waals surface area contributed by atoms with Crippen LogP contribution in [0.3, 0.4) is 0 Å². The van der Waals surface area contributed by atoms with E-state index in [1.807, 2.05) is 44.2 Å². The molecule has 0 spiro atoms. The summed E-state index contributed by atoms with van der Waals surface area (Å²) in [5.41, 5.74) is 4.47. The van der Waals surface area contributed by atoms with Crippen LogP contribution in [-0.2, 0) is 19.1 Å². The quantitative estimate of drug-likeness (QED) is 0.382. The van der Waals surface area contributed by atoms with Crippen molar-refractivity contribution in [3.8, 4) is 5.75 Å². The lowest BCUT2D eigenvalue weighted by Gasteiger charge is -2.42. The molecule has 1 amide bonds. The molecule has 0 bridgehead atoms. The molecule has 2 aromatic rings. The zero-order valence-corrected chi connectivity index (χ0v) is 25.6. The third-order valence-corrected chi connectivity index (χ3v) is 8.51. The van der Waals surface area contributed by atoms with Crippen molar-refractivity contribution in [1.29, 1.82) is 0 Å². The van der Waals surface area contributed by atoms with Gasteiger partial charge in [-0.05, 0) is 69.9 Å². The Bertz CT molecular complexity index is 1440. The van der Waals surface area contributed by atoms with Gasteiger partial charge in [0.25, 0.3) is 5.91 Å². The smallest absolute Gasteiger partial charge is 0.262 e. The van der Waals surface area contributed by atoms with Crippen LogP contribution in [0.15, 0.2) is 63.5 Å². The SMILES string of the molecule is Cc1ccc(NC(=O)COc2ccc(C3C4=C(CC(C)(C)CC4=O)OC4=C3C(=O)CC(C)(C)C4)cc2Br)c(C)c1. The van der Waals surface area contributed by atoms with Gasteiger partial charge in [0.15, 0.2) is 18.2 Å². The molecule has 7 heteroatoms. The zero-order valence-electron chi connectivity index (χ0n) is 24.0. The van der Waals surface area contributed by atoms with Crippen LogP contribution in [0.4, 0.5) is 5.69 Å². The second-order valence-corrected chi connectivity index (χ2v) is 13.8. The van der Waals surface area contributed by atoms with Gasteiger partial charge in [0.1, 0.15) is 17.3 Å². The largest absolute Gasteiger partial charge is 0.483 e. The van der Waals surface area contributed by atoms with Gasteiger partial charge in [-0.15, -0.1) is 0 Å². The Kier molecular flexibility index (Phi) is 7.32. The second-order valence-electron chi connectivity index (χ2n) is 12.9. The normalized spacial score (nSPS) is 20.1. The summed E-state index contributed by atoms with van der Waals surface area (Å²) in [6, 6.07) is 11.4. The fraction of sp³-hybridized carbons (Fsp3) is 0.424. The average molecular weight is 607 g/mol. The molecule has 2 aliphatic carbocycles. The lowest BCUT2D eigenvalue weighted by molar-refractivity contribution is -0.120. The molecule has 0 saturated heterocycles. The molecule has 0 fully saturated rings. The highest BCUT2D eigenvalue weighted by atomic mass is 79.9. The first-order valence-electron chi connectivity index (χ1n) is 13.7. The number of anilines is 1. The summed E-state index contributed by atoms with van der Waals surface area (Å²) in [5.74, 6) is 1.19. The van der Waals surface area contributed by atoms with E-state index in [4.69, 9.17) is 9.47 Å². The number of allylic oxidation sites excluding steroid dienone is 4. The topological polar surface area (TPSA) is 81.7 Å². The predicted molar refractivity (Wildman–Crippen MR) is 158 cm³/mol. The van der Waals surface area contributed by atoms with Crippen molar-refractivity contribution in [3.63, 3.8) is 0 Å². The van der Waals surface area contributed by atoms with Gasteiger partial charge in [0.05, 0.1) is 4.47 Å². The summed E-state index contributed by atoms with van der Waals surface area (Å²) >= 11 is 3.60. The third kappa shape index (κ3) is 5.67. The Labute approximate surface area is 244 Å². The van der Waals surface area contributed by atoms with Crippen molar-refractivity contribution in [3.05, 3.63) is 80.2 Å². The van der Waals surface area contributed by atoms with Crippen LogP contribution >= 0.6 is 15.9 Å². The highest BCUT2D eigenvalue weighted by Crippen LogP contribution is 2.53. The molecule has 5 rings (SSSR count). The van der Waals surface area contributed by atoms with E-state index in [0.29, 0.717) is 58.6 Å². The van der Waals surface area contributed by atoms with Crippen molar-refractivity contribution >= 4 is 39.1 Å². The van der Waals surface area contributed by atoms with Gasteiger partial charge in [-0.1, -0.05) is 51.5 Å². The molecule has 0 atom stereocenters. The molecule has 0 aromatic heterocycles. The number of ether oxygens (including phenoxy) is 2. The van der Waals surface area contributed by atoms with Crippen LogP contribution in [0.1, 0.15) is 76.0 Å². The third-order valence-electron chi connectivity index (χ3n) is 7.89. The lowest BCUT2D eigenvalue weighted by atomic mass is 9.65. The molecule has 0 unspecified atom stereocenters. The Morgan fingerprint density at radius 3 is 2.08 bits per heavy atom. The Morgan fingerprint density at radius 1 is 0.925 bits per heavy atom. The maximum absolute atomic E-state index is 13.5. The van der Waals surface area contributed by atoms with Gasteiger partial charge < -0.3 is 14.8 Å². The van der Waals surface area contributed by atoms with Crippen molar-refractivity contribution < 1.29 is 23.9 Å². The number of amides is 1. The summed E-state index contributed by atoms with van der Waals surface area (Å²) in [5, 5.41) is 2.90. The maximum atomic E-state index is 13.5. The van der Waals surface area contributed by atoms with E-state index in [0.717, 1.165) is 22.4 Å². The highest BCUT2D eigenvalue weighted by molar-refractivity contribution is 9.10. The molecule has 0 radical (unpaired) electrons. The minimum atomic E-state index is -0.482. The summed E-state index contributed by atoms with van der Waals surface area (Å²) in [6.45, 7) is 12.1. The van der Waals surface area contributed by atoms with Crippen LogP contribution in [0.2, 0.25) is 0 Å². The van der Waals surface area contributed by atoms with Crippen LogP contribution in [0.5, 0.6) is 5.75 Å². The van der Waals surface area contributed by atoms with E-state index in [9.17, 15) is 14.4 Å².